The predicted molar refractivity (Wildman–Crippen MR) is 109 cm³/mol. The fourth-order valence-electron chi connectivity index (χ4n) is 4.86. The summed E-state index contributed by atoms with van der Waals surface area (Å²) in [4.78, 5) is 19.9. The number of hydrogen-bond acceptors (Lipinski definition) is 5. The number of aromatic nitrogens is 2. The minimum absolute atomic E-state index is 0.0224. The van der Waals surface area contributed by atoms with Gasteiger partial charge in [-0.15, -0.1) is 0 Å². The van der Waals surface area contributed by atoms with Gasteiger partial charge in [0.05, 0.1) is 18.2 Å². The Balaban J connectivity index is 1.42. The highest BCUT2D eigenvalue weighted by molar-refractivity contribution is 6.30. The average molecular weight is 473 g/mol. The molecular formula is C21H24ClF3N4O3. The highest BCUT2D eigenvalue weighted by Crippen LogP contribution is 2.44. The number of fused-ring (bicyclic) bond motifs is 1. The van der Waals surface area contributed by atoms with Gasteiger partial charge in [0.25, 0.3) is 0 Å². The van der Waals surface area contributed by atoms with E-state index in [-0.39, 0.29) is 40.9 Å². The smallest absolute Gasteiger partial charge is 0.393 e. The number of amides is 1. The van der Waals surface area contributed by atoms with E-state index in [0.717, 1.165) is 25.3 Å². The van der Waals surface area contributed by atoms with Crippen LogP contribution < -0.4 is 0 Å². The molecule has 2 aromatic rings. The molecule has 3 heterocycles. The number of alkyl halides is 3. The van der Waals surface area contributed by atoms with Crippen molar-refractivity contribution in [3.8, 4) is 0 Å². The first kappa shape index (κ1) is 21.9. The van der Waals surface area contributed by atoms with Gasteiger partial charge in [-0.3, -0.25) is 14.1 Å². The molecule has 1 amide bonds. The Bertz CT molecular complexity index is 1060. The molecule has 3 fully saturated rings. The van der Waals surface area contributed by atoms with Crippen molar-refractivity contribution in [1.29, 1.82) is 0 Å². The molecule has 3 aliphatic rings. The van der Waals surface area contributed by atoms with Crippen molar-refractivity contribution < 1.29 is 28.2 Å². The highest BCUT2D eigenvalue weighted by atomic mass is 35.5. The van der Waals surface area contributed by atoms with E-state index >= 15 is 0 Å². The van der Waals surface area contributed by atoms with E-state index in [1.165, 1.54) is 9.30 Å². The molecule has 174 valence electrons. The van der Waals surface area contributed by atoms with Gasteiger partial charge in [0, 0.05) is 25.3 Å². The van der Waals surface area contributed by atoms with Crippen LogP contribution in [0.25, 0.3) is 5.65 Å². The summed E-state index contributed by atoms with van der Waals surface area (Å²) in [7, 11) is 0. The Hall–Kier alpha value is -1.88. The molecule has 2 saturated carbocycles. The summed E-state index contributed by atoms with van der Waals surface area (Å²) in [6.45, 7) is 0.582. The van der Waals surface area contributed by atoms with Crippen LogP contribution >= 0.6 is 11.6 Å². The van der Waals surface area contributed by atoms with E-state index < -0.39 is 24.1 Å². The second kappa shape index (κ2) is 7.86. The fraction of sp³-hybridized carbons (Fsp3) is 0.619. The van der Waals surface area contributed by atoms with Gasteiger partial charge in [0.1, 0.15) is 10.8 Å². The Labute approximate surface area is 187 Å². The Morgan fingerprint density at radius 3 is 2.53 bits per heavy atom. The van der Waals surface area contributed by atoms with Crippen molar-refractivity contribution in [2.24, 2.45) is 0 Å². The number of pyridine rings is 1. The molecule has 0 bridgehead atoms. The normalized spacial score (nSPS) is 26.3. The zero-order valence-corrected chi connectivity index (χ0v) is 18.0. The third kappa shape index (κ3) is 3.87. The van der Waals surface area contributed by atoms with Crippen molar-refractivity contribution in [3.05, 3.63) is 34.2 Å². The van der Waals surface area contributed by atoms with Crippen molar-refractivity contribution in [1.82, 2.24) is 19.2 Å². The SMILES string of the molecule is O=C1CN(C(O)c2nc3c(C(F)(F)F)cc(C4CC4)cn3c2Cl)CCN1C1CCC(O)C1. The molecule has 2 aliphatic carbocycles. The summed E-state index contributed by atoms with van der Waals surface area (Å²) in [5, 5.41) is 20.6. The third-order valence-electron chi connectivity index (χ3n) is 6.76. The van der Waals surface area contributed by atoms with E-state index in [0.29, 0.717) is 31.5 Å². The molecular weight excluding hydrogens is 449 g/mol. The Morgan fingerprint density at radius 2 is 1.94 bits per heavy atom. The lowest BCUT2D eigenvalue weighted by molar-refractivity contribution is -0.144. The minimum Gasteiger partial charge on any atom is -0.393 e. The lowest BCUT2D eigenvalue weighted by Gasteiger charge is -2.39. The first-order chi connectivity index (χ1) is 15.1. The second-order valence-corrected chi connectivity index (χ2v) is 9.35. The van der Waals surface area contributed by atoms with E-state index in [9.17, 15) is 28.2 Å². The number of imidazole rings is 1. The number of carbonyl (C=O) groups is 1. The molecule has 0 spiro atoms. The van der Waals surface area contributed by atoms with Crippen LogP contribution in [-0.2, 0) is 11.0 Å². The van der Waals surface area contributed by atoms with Crippen LogP contribution in [0.1, 0.15) is 61.1 Å². The van der Waals surface area contributed by atoms with E-state index in [2.05, 4.69) is 4.98 Å². The maximum absolute atomic E-state index is 13.7. The maximum Gasteiger partial charge on any atom is 0.419 e. The van der Waals surface area contributed by atoms with Crippen LogP contribution in [0.3, 0.4) is 0 Å². The van der Waals surface area contributed by atoms with Crippen LogP contribution in [0, 0.1) is 0 Å². The number of halogens is 4. The van der Waals surface area contributed by atoms with E-state index in [4.69, 9.17) is 11.6 Å². The standard InChI is InChI=1S/C21H24ClF3N4O3/c22-18-17(20(32)27-5-6-28(16(31)10-27)13-3-4-14(30)8-13)26-19-15(21(23,24)25)7-12(9-29(18)19)11-1-2-11/h7,9,11,13-14,20,30,32H,1-6,8,10H2. The zero-order valence-electron chi connectivity index (χ0n) is 17.2. The fourth-order valence-corrected chi connectivity index (χ4v) is 5.13. The number of piperazine rings is 1. The van der Waals surface area contributed by atoms with Crippen molar-refractivity contribution in [3.63, 3.8) is 0 Å². The Kier molecular flexibility index (Phi) is 5.39. The lowest BCUT2D eigenvalue weighted by Crippen LogP contribution is -2.54. The molecule has 3 atom stereocenters. The number of hydrogen-bond donors (Lipinski definition) is 2. The molecule has 7 nitrogen and oxygen atoms in total. The number of rotatable bonds is 4. The summed E-state index contributed by atoms with van der Waals surface area (Å²) >= 11 is 6.40. The quantitative estimate of drug-likeness (QED) is 0.715. The van der Waals surface area contributed by atoms with Gasteiger partial charge >= 0.3 is 6.18 Å². The number of carbonyl (C=O) groups excluding carboxylic acids is 1. The maximum atomic E-state index is 13.7. The monoisotopic (exact) mass is 472 g/mol. The molecule has 2 N–H and O–H groups in total. The molecule has 11 heteroatoms. The zero-order chi connectivity index (χ0) is 22.8. The molecule has 1 saturated heterocycles. The highest BCUT2D eigenvalue weighted by Gasteiger charge is 2.40. The molecule has 1 aliphatic heterocycles. The first-order valence-electron chi connectivity index (χ1n) is 10.8. The van der Waals surface area contributed by atoms with E-state index in [1.54, 1.807) is 11.1 Å². The van der Waals surface area contributed by atoms with Gasteiger partial charge < -0.3 is 15.1 Å². The first-order valence-corrected chi connectivity index (χ1v) is 11.2. The summed E-state index contributed by atoms with van der Waals surface area (Å²) in [6, 6.07) is 1.09. The van der Waals surface area contributed by atoms with Gasteiger partial charge in [-0.1, -0.05) is 11.6 Å². The summed E-state index contributed by atoms with van der Waals surface area (Å²) < 4.78 is 42.3. The third-order valence-corrected chi connectivity index (χ3v) is 7.13. The predicted octanol–water partition coefficient (Wildman–Crippen LogP) is 2.93. The Morgan fingerprint density at radius 1 is 1.19 bits per heavy atom. The largest absolute Gasteiger partial charge is 0.419 e. The number of aliphatic hydroxyl groups is 2. The lowest BCUT2D eigenvalue weighted by atomic mass is 10.1. The molecule has 32 heavy (non-hydrogen) atoms. The van der Waals surface area contributed by atoms with Crippen LogP contribution in [-0.4, -0.2) is 67.1 Å². The van der Waals surface area contributed by atoms with Crippen LogP contribution in [0.15, 0.2) is 12.3 Å². The van der Waals surface area contributed by atoms with Crippen molar-refractivity contribution >= 4 is 23.2 Å². The van der Waals surface area contributed by atoms with Crippen LogP contribution in [0.4, 0.5) is 13.2 Å². The second-order valence-electron chi connectivity index (χ2n) is 8.99. The van der Waals surface area contributed by atoms with Crippen LogP contribution in [0.5, 0.6) is 0 Å². The summed E-state index contributed by atoms with van der Waals surface area (Å²) in [5.41, 5.74) is -0.788. The van der Waals surface area contributed by atoms with Gasteiger partial charge in [0.2, 0.25) is 5.91 Å². The van der Waals surface area contributed by atoms with Gasteiger partial charge in [0.15, 0.2) is 11.9 Å². The van der Waals surface area contributed by atoms with Gasteiger partial charge in [-0.05, 0) is 49.7 Å². The molecule has 0 radical (unpaired) electrons. The summed E-state index contributed by atoms with van der Waals surface area (Å²) in [5.74, 6) is -0.117. The van der Waals surface area contributed by atoms with Gasteiger partial charge in [-0.2, -0.15) is 13.2 Å². The van der Waals surface area contributed by atoms with Crippen LogP contribution in [0.2, 0.25) is 5.15 Å². The topological polar surface area (TPSA) is 81.3 Å². The minimum atomic E-state index is -4.61. The van der Waals surface area contributed by atoms with Gasteiger partial charge in [-0.25, -0.2) is 4.98 Å². The number of nitrogens with zero attached hydrogens (tertiary/aromatic N) is 4. The van der Waals surface area contributed by atoms with E-state index in [1.807, 2.05) is 0 Å². The molecule has 5 rings (SSSR count). The number of aliphatic hydroxyl groups excluding tert-OH is 2. The van der Waals surface area contributed by atoms with Crippen molar-refractivity contribution in [2.75, 3.05) is 19.6 Å². The average Bonchev–Trinajstić information content (AvgIpc) is 3.42. The molecule has 3 unspecified atom stereocenters. The molecule has 2 aromatic heterocycles. The molecule has 0 aromatic carbocycles. The summed E-state index contributed by atoms with van der Waals surface area (Å²) in [6.07, 6.45) is -1.29. The van der Waals surface area contributed by atoms with Crippen molar-refractivity contribution in [2.45, 2.75) is 62.6 Å².